The fraction of sp³-hybridized carbons (Fsp3) is 0.677. The molecule has 5 atom stereocenters. The lowest BCUT2D eigenvalue weighted by atomic mass is 9.96. The third-order valence-corrected chi connectivity index (χ3v) is 6.18. The summed E-state index contributed by atoms with van der Waals surface area (Å²) in [5, 5.41) is 2.63. The van der Waals surface area contributed by atoms with Crippen LogP contribution < -0.4 is 5.32 Å². The maximum absolute atomic E-state index is 12.0. The van der Waals surface area contributed by atoms with Gasteiger partial charge in [-0.05, 0) is 5.56 Å². The minimum atomic E-state index is -1.19. The number of carbonyl (C=O) groups excluding carboxylic acids is 4. The molecule has 1 aromatic carbocycles. The number of ether oxygens (including phenoxy) is 10. The Labute approximate surface area is 269 Å². The van der Waals surface area contributed by atoms with Crippen molar-refractivity contribution in [3.8, 4) is 0 Å². The monoisotopic (exact) mass is 657 g/mol. The summed E-state index contributed by atoms with van der Waals surface area (Å²) in [6, 6.07) is 8.89. The smallest absolute Gasteiger partial charge is 0.303 e. The van der Waals surface area contributed by atoms with Gasteiger partial charge in [-0.1, -0.05) is 30.3 Å². The highest BCUT2D eigenvalue weighted by atomic mass is 16.7. The molecule has 0 aliphatic carbocycles. The summed E-state index contributed by atoms with van der Waals surface area (Å²) in [4.78, 5) is 47.2. The van der Waals surface area contributed by atoms with E-state index in [1.165, 1.54) is 27.7 Å². The van der Waals surface area contributed by atoms with Crippen LogP contribution in [0.4, 0.5) is 0 Å². The molecule has 1 heterocycles. The molecular weight excluding hydrogens is 610 g/mol. The maximum atomic E-state index is 12.0. The van der Waals surface area contributed by atoms with Crippen molar-refractivity contribution in [2.24, 2.45) is 0 Å². The number of benzene rings is 1. The van der Waals surface area contributed by atoms with Crippen molar-refractivity contribution < 1.29 is 66.5 Å². The number of hydrogen-bond acceptors (Lipinski definition) is 14. The summed E-state index contributed by atoms with van der Waals surface area (Å²) in [7, 11) is 0. The SMILES string of the molecule is CC(=O)N[C@H]1[C@H](OCCOCCOCCOCCOCCOCc2ccccc2)O[C@H](COC(C)=O)[C@H](OC(C)=O)[C@@H]1OC(C)=O. The van der Waals surface area contributed by atoms with E-state index in [2.05, 4.69) is 5.32 Å². The standard InChI is InChI=1S/C31H47NO14/c1-22(33)32-28-30(45-25(4)36)29(44-24(3)35)27(21-43-23(2)34)46-31(28)42-19-18-40-15-14-38-11-10-37-12-13-39-16-17-41-20-26-8-6-5-7-9-26/h5-9,27-31H,10-21H2,1-4H3,(H,32,33)/t27-,28-,29+,30-,31-/m1/s1. The predicted octanol–water partition coefficient (Wildman–Crippen LogP) is 0.942. The van der Waals surface area contributed by atoms with Crippen molar-refractivity contribution in [3.63, 3.8) is 0 Å². The van der Waals surface area contributed by atoms with Gasteiger partial charge in [0.15, 0.2) is 18.5 Å². The summed E-state index contributed by atoms with van der Waals surface area (Å²) < 4.78 is 55.1. The first-order valence-electron chi connectivity index (χ1n) is 15.1. The fourth-order valence-corrected chi connectivity index (χ4v) is 4.30. The number of nitrogens with one attached hydrogen (secondary N) is 1. The number of esters is 3. The van der Waals surface area contributed by atoms with Crippen LogP contribution in [0.15, 0.2) is 30.3 Å². The van der Waals surface area contributed by atoms with Crippen LogP contribution in [-0.2, 0) is 73.2 Å². The van der Waals surface area contributed by atoms with Gasteiger partial charge >= 0.3 is 17.9 Å². The molecule has 1 aromatic rings. The van der Waals surface area contributed by atoms with Crippen molar-refractivity contribution in [1.82, 2.24) is 5.32 Å². The highest BCUT2D eigenvalue weighted by Gasteiger charge is 2.51. The Morgan fingerprint density at radius 2 is 1.15 bits per heavy atom. The van der Waals surface area contributed by atoms with Crippen molar-refractivity contribution in [2.75, 3.05) is 72.7 Å². The molecule has 1 aliphatic rings. The van der Waals surface area contributed by atoms with E-state index in [4.69, 9.17) is 47.4 Å². The van der Waals surface area contributed by atoms with Crippen molar-refractivity contribution in [3.05, 3.63) is 35.9 Å². The van der Waals surface area contributed by atoms with Gasteiger partial charge in [0.1, 0.15) is 18.8 Å². The van der Waals surface area contributed by atoms with Crippen LogP contribution in [0.25, 0.3) is 0 Å². The van der Waals surface area contributed by atoms with E-state index in [9.17, 15) is 19.2 Å². The summed E-state index contributed by atoms with van der Waals surface area (Å²) in [5.74, 6) is -2.43. The molecule has 1 saturated heterocycles. The lowest BCUT2D eigenvalue weighted by Gasteiger charge is -2.44. The summed E-state index contributed by atoms with van der Waals surface area (Å²) in [5.41, 5.74) is 1.12. The van der Waals surface area contributed by atoms with Crippen LogP contribution in [0, 0.1) is 0 Å². The van der Waals surface area contributed by atoms with E-state index in [1.54, 1.807) is 0 Å². The highest BCUT2D eigenvalue weighted by Crippen LogP contribution is 2.28. The van der Waals surface area contributed by atoms with Crippen LogP contribution in [0.5, 0.6) is 0 Å². The first-order valence-corrected chi connectivity index (χ1v) is 15.1. The van der Waals surface area contributed by atoms with Crippen LogP contribution >= 0.6 is 0 Å². The zero-order valence-electron chi connectivity index (χ0n) is 27.0. The van der Waals surface area contributed by atoms with E-state index in [0.717, 1.165) is 5.56 Å². The van der Waals surface area contributed by atoms with E-state index in [1.807, 2.05) is 30.3 Å². The summed E-state index contributed by atoms with van der Waals surface area (Å²) in [6.07, 6.45) is -4.57. The zero-order valence-corrected chi connectivity index (χ0v) is 27.0. The van der Waals surface area contributed by atoms with Gasteiger partial charge < -0.3 is 52.7 Å². The molecule has 1 N–H and O–H groups in total. The Morgan fingerprint density at radius 3 is 1.65 bits per heavy atom. The first kappa shape index (κ1) is 39.0. The molecule has 46 heavy (non-hydrogen) atoms. The van der Waals surface area contributed by atoms with Crippen LogP contribution in [-0.4, -0.2) is 127 Å². The van der Waals surface area contributed by atoms with Gasteiger partial charge in [-0.2, -0.15) is 0 Å². The van der Waals surface area contributed by atoms with Gasteiger partial charge in [0.25, 0.3) is 0 Å². The number of carbonyl (C=O) groups is 4. The number of hydrogen-bond donors (Lipinski definition) is 1. The van der Waals surface area contributed by atoms with E-state index in [-0.39, 0.29) is 26.4 Å². The van der Waals surface area contributed by atoms with Crippen LogP contribution in [0.1, 0.15) is 33.3 Å². The molecule has 1 amide bonds. The molecule has 2 rings (SSSR count). The summed E-state index contributed by atoms with van der Waals surface area (Å²) >= 11 is 0. The Hall–Kier alpha value is -3.18. The maximum Gasteiger partial charge on any atom is 0.303 e. The van der Waals surface area contributed by atoms with Crippen LogP contribution in [0.3, 0.4) is 0 Å². The Kier molecular flexibility index (Phi) is 19.7. The second-order valence-electron chi connectivity index (χ2n) is 10.1. The topological polar surface area (TPSA) is 173 Å². The molecule has 0 unspecified atom stereocenters. The predicted molar refractivity (Wildman–Crippen MR) is 159 cm³/mol. The van der Waals surface area contributed by atoms with Gasteiger partial charge in [-0.3, -0.25) is 19.2 Å². The lowest BCUT2D eigenvalue weighted by molar-refractivity contribution is -0.279. The first-order chi connectivity index (χ1) is 22.2. The van der Waals surface area contributed by atoms with Gasteiger partial charge in [0.2, 0.25) is 5.91 Å². The fourth-order valence-electron chi connectivity index (χ4n) is 4.30. The normalized spacial score (nSPS) is 20.9. The average molecular weight is 658 g/mol. The molecule has 0 radical (unpaired) electrons. The molecule has 15 nitrogen and oxygen atoms in total. The van der Waals surface area contributed by atoms with Gasteiger partial charge in [-0.25, -0.2) is 0 Å². The molecular formula is C31H47NO14. The highest BCUT2D eigenvalue weighted by molar-refractivity contribution is 5.73. The van der Waals surface area contributed by atoms with Crippen molar-refractivity contribution in [1.29, 1.82) is 0 Å². The third-order valence-electron chi connectivity index (χ3n) is 6.18. The number of amides is 1. The zero-order chi connectivity index (χ0) is 33.6. The molecule has 0 aromatic heterocycles. The molecule has 0 bridgehead atoms. The molecule has 15 heteroatoms. The van der Waals surface area contributed by atoms with E-state index >= 15 is 0 Å². The largest absolute Gasteiger partial charge is 0.463 e. The van der Waals surface area contributed by atoms with E-state index in [0.29, 0.717) is 52.9 Å². The minimum Gasteiger partial charge on any atom is -0.463 e. The molecule has 0 spiro atoms. The number of rotatable bonds is 23. The average Bonchev–Trinajstić information content (AvgIpc) is 3.00. The molecule has 260 valence electrons. The van der Waals surface area contributed by atoms with Gasteiger partial charge in [-0.15, -0.1) is 0 Å². The lowest BCUT2D eigenvalue weighted by Crippen LogP contribution is -2.66. The quantitative estimate of drug-likeness (QED) is 0.100. The van der Waals surface area contributed by atoms with Gasteiger partial charge in [0.05, 0.1) is 72.7 Å². The molecule has 0 saturated carbocycles. The van der Waals surface area contributed by atoms with E-state index < -0.39 is 54.5 Å². The second-order valence-corrected chi connectivity index (χ2v) is 10.1. The molecule has 1 fully saturated rings. The van der Waals surface area contributed by atoms with Crippen LogP contribution in [0.2, 0.25) is 0 Å². The minimum absolute atomic E-state index is 0.0342. The second kappa shape index (κ2) is 23.2. The molecule has 1 aliphatic heterocycles. The Balaban J connectivity index is 1.63. The summed E-state index contributed by atoms with van der Waals surface area (Å²) in [6.45, 7) is 8.56. The van der Waals surface area contributed by atoms with Gasteiger partial charge in [0, 0.05) is 27.7 Å². The van der Waals surface area contributed by atoms with Crippen molar-refractivity contribution >= 4 is 23.8 Å². The Bertz CT molecular complexity index is 1030. The third kappa shape index (κ3) is 16.9. The van der Waals surface area contributed by atoms with Crippen molar-refractivity contribution in [2.45, 2.75) is 64.9 Å². The Morgan fingerprint density at radius 1 is 0.652 bits per heavy atom.